The third-order valence-electron chi connectivity index (χ3n) is 5.59. The Kier molecular flexibility index (Phi) is 6.07. The van der Waals surface area contributed by atoms with E-state index in [1.165, 1.54) is 18.4 Å². The maximum Gasteiger partial charge on any atom is 0.264 e. The van der Waals surface area contributed by atoms with E-state index >= 15 is 0 Å². The van der Waals surface area contributed by atoms with E-state index in [1.807, 2.05) is 30.3 Å². The first kappa shape index (κ1) is 20.1. The first-order chi connectivity index (χ1) is 14.6. The molecule has 0 spiro atoms. The highest BCUT2D eigenvalue weighted by molar-refractivity contribution is 5.76. The molecular weight excluding hydrogens is 378 g/mol. The fourth-order valence-corrected chi connectivity index (χ4v) is 3.92. The van der Waals surface area contributed by atoms with Crippen molar-refractivity contribution < 1.29 is 4.79 Å². The molecule has 1 amide bonds. The fourth-order valence-electron chi connectivity index (χ4n) is 3.92. The van der Waals surface area contributed by atoms with Gasteiger partial charge in [0.2, 0.25) is 5.91 Å². The Bertz CT molecular complexity index is 1130. The van der Waals surface area contributed by atoms with E-state index in [0.717, 1.165) is 24.9 Å². The number of hydrogen-bond acceptors (Lipinski definition) is 4. The van der Waals surface area contributed by atoms with Crippen LogP contribution >= 0.6 is 0 Å². The van der Waals surface area contributed by atoms with Crippen LogP contribution < -0.4 is 10.9 Å². The number of hydrogen-bond donors (Lipinski definition) is 1. The van der Waals surface area contributed by atoms with E-state index < -0.39 is 0 Å². The zero-order chi connectivity index (χ0) is 20.9. The molecule has 0 unspecified atom stereocenters. The van der Waals surface area contributed by atoms with Crippen molar-refractivity contribution in [3.05, 3.63) is 64.4 Å². The first-order valence-electron chi connectivity index (χ1n) is 10.6. The van der Waals surface area contributed by atoms with Crippen molar-refractivity contribution in [2.75, 3.05) is 6.54 Å². The molecule has 1 aliphatic carbocycles. The van der Waals surface area contributed by atoms with E-state index in [4.69, 9.17) is 0 Å². The highest BCUT2D eigenvalue weighted by atomic mass is 16.1. The van der Waals surface area contributed by atoms with Crippen molar-refractivity contribution in [2.24, 2.45) is 0 Å². The number of nitrogens with one attached hydrogen (secondary N) is 1. The lowest BCUT2D eigenvalue weighted by Crippen LogP contribution is -2.29. The second-order valence-electron chi connectivity index (χ2n) is 7.70. The highest BCUT2D eigenvalue weighted by Gasteiger charge is 2.15. The molecule has 1 aromatic carbocycles. The summed E-state index contributed by atoms with van der Waals surface area (Å²) in [7, 11) is 0. The molecule has 0 bridgehead atoms. The molecule has 0 saturated carbocycles. The van der Waals surface area contributed by atoms with Gasteiger partial charge in [-0.25, -0.2) is 9.67 Å². The number of carbonyl (C=O) groups excluding carboxylic acids is 1. The Morgan fingerprint density at radius 3 is 2.80 bits per heavy atom. The van der Waals surface area contributed by atoms with Crippen LogP contribution in [0.15, 0.2) is 53.0 Å². The summed E-state index contributed by atoms with van der Waals surface area (Å²) in [5.41, 5.74) is 2.66. The Labute approximate surface area is 175 Å². The molecule has 0 aliphatic heterocycles. The molecule has 0 radical (unpaired) electrons. The summed E-state index contributed by atoms with van der Waals surface area (Å²) in [6, 6.07) is 9.60. The van der Waals surface area contributed by atoms with Crippen molar-refractivity contribution in [1.82, 2.24) is 24.6 Å². The van der Waals surface area contributed by atoms with Gasteiger partial charge in [0.25, 0.3) is 5.56 Å². The third-order valence-corrected chi connectivity index (χ3v) is 5.59. The second-order valence-corrected chi connectivity index (χ2v) is 7.70. The molecular formula is C23H27N5O2. The number of allylic oxidation sites excluding steroid dienone is 1. The number of carbonyl (C=O) groups is 1. The molecule has 1 N–H and O–H groups in total. The monoisotopic (exact) mass is 405 g/mol. The van der Waals surface area contributed by atoms with E-state index in [9.17, 15) is 9.59 Å². The minimum Gasteiger partial charge on any atom is -0.356 e. The van der Waals surface area contributed by atoms with Crippen LogP contribution in [0.1, 0.15) is 44.3 Å². The largest absolute Gasteiger partial charge is 0.356 e. The quantitative estimate of drug-likeness (QED) is 0.612. The zero-order valence-electron chi connectivity index (χ0n) is 17.3. The first-order valence-corrected chi connectivity index (χ1v) is 10.6. The molecule has 0 saturated heterocycles. The molecule has 0 atom stereocenters. The molecule has 3 aromatic rings. The lowest BCUT2D eigenvalue weighted by atomic mass is 9.97. The van der Waals surface area contributed by atoms with Gasteiger partial charge >= 0.3 is 0 Å². The lowest BCUT2D eigenvalue weighted by Gasteiger charge is -2.13. The highest BCUT2D eigenvalue weighted by Crippen LogP contribution is 2.19. The number of rotatable bonds is 7. The Balaban J connectivity index is 1.42. The topological polar surface area (TPSA) is 81.8 Å². The fraction of sp³-hybridized carbons (Fsp3) is 0.391. The molecule has 1 aliphatic rings. The third kappa shape index (κ3) is 4.35. The summed E-state index contributed by atoms with van der Waals surface area (Å²) in [4.78, 5) is 29.8. The second kappa shape index (κ2) is 9.07. The van der Waals surface area contributed by atoms with Crippen molar-refractivity contribution in [3.63, 3.8) is 0 Å². The predicted octanol–water partition coefficient (Wildman–Crippen LogP) is 3.29. The van der Waals surface area contributed by atoms with Gasteiger partial charge in [0.15, 0.2) is 5.65 Å². The molecule has 2 aromatic heterocycles. The van der Waals surface area contributed by atoms with Crippen LogP contribution in [-0.4, -0.2) is 31.8 Å². The summed E-state index contributed by atoms with van der Waals surface area (Å²) < 4.78 is 3.23. The van der Waals surface area contributed by atoms with Crippen molar-refractivity contribution >= 4 is 16.9 Å². The van der Waals surface area contributed by atoms with Gasteiger partial charge in [-0.15, -0.1) is 0 Å². The van der Waals surface area contributed by atoms with Gasteiger partial charge in [-0.3, -0.25) is 14.2 Å². The van der Waals surface area contributed by atoms with Gasteiger partial charge in [-0.2, -0.15) is 5.10 Å². The molecule has 2 heterocycles. The van der Waals surface area contributed by atoms with E-state index in [-0.39, 0.29) is 17.9 Å². The maximum atomic E-state index is 13.0. The number of benzene rings is 1. The van der Waals surface area contributed by atoms with Gasteiger partial charge in [-0.05, 0) is 51.2 Å². The number of aryl methyl sites for hydroxylation is 1. The minimum absolute atomic E-state index is 0.0437. The smallest absolute Gasteiger partial charge is 0.264 e. The van der Waals surface area contributed by atoms with Crippen LogP contribution in [0.2, 0.25) is 0 Å². The molecule has 7 heteroatoms. The summed E-state index contributed by atoms with van der Waals surface area (Å²) in [5, 5.41) is 7.77. The van der Waals surface area contributed by atoms with Gasteiger partial charge in [0.05, 0.1) is 11.9 Å². The molecule has 4 rings (SSSR count). The minimum atomic E-state index is -0.167. The number of aromatic nitrogens is 4. The molecule has 7 nitrogen and oxygen atoms in total. The van der Waals surface area contributed by atoms with Crippen LogP contribution in [0.5, 0.6) is 0 Å². The van der Waals surface area contributed by atoms with Crippen molar-refractivity contribution in [3.8, 4) is 5.69 Å². The van der Waals surface area contributed by atoms with E-state index in [1.54, 1.807) is 22.4 Å². The van der Waals surface area contributed by atoms with E-state index in [2.05, 4.69) is 21.5 Å². The van der Waals surface area contributed by atoms with Crippen molar-refractivity contribution in [2.45, 2.75) is 52.0 Å². The number of fused-ring (bicyclic) bond motifs is 1. The lowest BCUT2D eigenvalue weighted by molar-refractivity contribution is -0.121. The predicted molar refractivity (Wildman–Crippen MR) is 117 cm³/mol. The zero-order valence-corrected chi connectivity index (χ0v) is 17.3. The molecule has 156 valence electrons. The Morgan fingerprint density at radius 1 is 1.20 bits per heavy atom. The van der Waals surface area contributed by atoms with Crippen LogP contribution in [0.25, 0.3) is 16.7 Å². The molecule has 0 fully saturated rings. The summed E-state index contributed by atoms with van der Waals surface area (Å²) in [6.45, 7) is 2.75. The summed E-state index contributed by atoms with van der Waals surface area (Å²) in [5.74, 6) is 0.531. The van der Waals surface area contributed by atoms with E-state index in [0.29, 0.717) is 29.9 Å². The standard InChI is InChI=1S/C23H27N5O2/c1-17-26-22-20(16-25-28(22)19-10-6-3-7-11-19)23(30)27(17)15-13-21(29)24-14-12-18-8-4-2-5-9-18/h3,6-8,10-11,16H,2,4-5,9,12-15H2,1H3,(H,24,29). The normalized spacial score (nSPS) is 14.0. The number of amides is 1. The average Bonchev–Trinajstić information content (AvgIpc) is 3.19. The van der Waals surface area contributed by atoms with Crippen LogP contribution in [0.4, 0.5) is 0 Å². The van der Waals surface area contributed by atoms with Crippen LogP contribution in [-0.2, 0) is 11.3 Å². The number of nitrogens with zero attached hydrogens (tertiary/aromatic N) is 4. The Hall–Kier alpha value is -3.22. The number of para-hydroxylation sites is 1. The Morgan fingerprint density at radius 2 is 2.03 bits per heavy atom. The van der Waals surface area contributed by atoms with Gasteiger partial charge in [0.1, 0.15) is 11.2 Å². The van der Waals surface area contributed by atoms with Gasteiger partial charge in [0, 0.05) is 19.5 Å². The summed E-state index contributed by atoms with van der Waals surface area (Å²) in [6.07, 6.45) is 9.83. The van der Waals surface area contributed by atoms with Crippen LogP contribution in [0, 0.1) is 6.92 Å². The SMILES string of the molecule is Cc1nc2c(cnn2-c2ccccc2)c(=O)n1CCC(=O)NCCC1=CCCCC1. The van der Waals surface area contributed by atoms with Crippen LogP contribution in [0.3, 0.4) is 0 Å². The van der Waals surface area contributed by atoms with Gasteiger partial charge in [-0.1, -0.05) is 29.8 Å². The summed E-state index contributed by atoms with van der Waals surface area (Å²) >= 11 is 0. The molecule has 30 heavy (non-hydrogen) atoms. The van der Waals surface area contributed by atoms with Crippen molar-refractivity contribution in [1.29, 1.82) is 0 Å². The van der Waals surface area contributed by atoms with Gasteiger partial charge < -0.3 is 5.32 Å². The maximum absolute atomic E-state index is 13.0. The average molecular weight is 406 g/mol.